The van der Waals surface area contributed by atoms with E-state index in [0.29, 0.717) is 11.6 Å². The SMILES string of the molecule is [2H]c1c([2H])c([2H])c(-c2c([2H])c([2H])c([2H])c3c2-[n+]2[c-]n(-c4cccc(Oc5ccc6c7ccccc7n(-c7cc(C(C)(C)C)ccn7)c6c5)c4)c4c([2H])c([2H])c([2H])c(c42)-c2c([2H])c([2H])c([2H])c([2H])c2-c2c([2H])c([2H])c([2H])c([2H])c2-3)c([2H])c1[2H]. The van der Waals surface area contributed by atoms with Gasteiger partial charge >= 0.3 is 0 Å². The van der Waals surface area contributed by atoms with E-state index in [-0.39, 0.29) is 27.9 Å². The van der Waals surface area contributed by atoms with Crippen LogP contribution in [0.5, 0.6) is 11.5 Å². The molecule has 4 heterocycles. The first-order valence-corrected chi connectivity index (χ1v) is 20.0. The summed E-state index contributed by atoms with van der Waals surface area (Å²) < 4.78 is 187. The van der Waals surface area contributed by atoms with Crippen LogP contribution in [0.1, 0.15) is 52.4 Å². The molecule has 0 radical (unpaired) electrons. The van der Waals surface area contributed by atoms with Crippen molar-refractivity contribution in [1.29, 1.82) is 0 Å². The minimum absolute atomic E-state index is 0.144. The molecular weight excluding hydrogens is 769 g/mol. The Morgan fingerprint density at radius 1 is 0.556 bits per heavy atom. The van der Waals surface area contributed by atoms with E-state index in [1.54, 1.807) is 36.5 Å². The molecule has 300 valence electrons. The fraction of sp³-hybridized carbons (Fsp3) is 0.0690. The smallest absolute Gasteiger partial charge is 0.269 e. The van der Waals surface area contributed by atoms with Gasteiger partial charge in [-0.15, -0.1) is 0 Å². The Morgan fingerprint density at radius 3 is 2.00 bits per heavy atom. The topological polar surface area (TPSA) is 35.9 Å². The molecule has 0 atom stereocenters. The molecule has 3 aromatic heterocycles. The van der Waals surface area contributed by atoms with Crippen LogP contribution >= 0.6 is 0 Å². The van der Waals surface area contributed by atoms with Crippen LogP contribution in [0.25, 0.3) is 94.5 Å². The number of ether oxygens (including phenoxy) is 1. The van der Waals surface area contributed by atoms with Crippen molar-refractivity contribution in [3.8, 4) is 73.2 Å². The van der Waals surface area contributed by atoms with Crippen LogP contribution in [0.3, 0.4) is 0 Å². The molecule has 0 amide bonds. The molecule has 0 saturated carbocycles. The van der Waals surface area contributed by atoms with Crippen molar-refractivity contribution in [1.82, 2.24) is 14.1 Å². The van der Waals surface area contributed by atoms with Gasteiger partial charge in [-0.1, -0.05) is 160 Å². The molecule has 5 nitrogen and oxygen atoms in total. The number of hydrogen-bond donors (Lipinski definition) is 0. The van der Waals surface area contributed by atoms with E-state index < -0.39 is 165 Å². The third-order valence-corrected chi connectivity index (χ3v) is 11.2. The lowest BCUT2D eigenvalue weighted by Gasteiger charge is -2.20. The van der Waals surface area contributed by atoms with E-state index in [2.05, 4.69) is 31.7 Å². The van der Waals surface area contributed by atoms with Gasteiger partial charge in [0.15, 0.2) is 0 Å². The lowest BCUT2D eigenvalue weighted by molar-refractivity contribution is -0.570. The molecule has 63 heavy (non-hydrogen) atoms. The molecule has 0 saturated heterocycles. The van der Waals surface area contributed by atoms with E-state index in [0.717, 1.165) is 31.9 Å². The highest BCUT2D eigenvalue weighted by Crippen LogP contribution is 2.45. The number of benzene rings is 8. The highest BCUT2D eigenvalue weighted by atomic mass is 16.5. The number of hydrogen-bond acceptors (Lipinski definition) is 2. The van der Waals surface area contributed by atoms with Crippen molar-refractivity contribution < 1.29 is 35.3 Å². The molecule has 0 N–H and O–H groups in total. The summed E-state index contributed by atoms with van der Waals surface area (Å²) in [6.45, 7) is 6.36. The Kier molecular flexibility index (Phi) is 5.03. The van der Waals surface area contributed by atoms with Crippen molar-refractivity contribution in [2.75, 3.05) is 0 Å². The Balaban J connectivity index is 1.21. The Labute approximate surface area is 393 Å². The molecule has 8 aromatic carbocycles. The van der Waals surface area contributed by atoms with Crippen LogP contribution in [-0.4, -0.2) is 14.1 Å². The summed E-state index contributed by atoms with van der Waals surface area (Å²) in [5.41, 5.74) is -3.46. The largest absolute Gasteiger partial charge is 0.458 e. The van der Waals surface area contributed by atoms with Gasteiger partial charge in [0.05, 0.1) is 59.5 Å². The summed E-state index contributed by atoms with van der Waals surface area (Å²) in [6, 6.07) is 7.66. The normalized spacial score (nSPS) is 16.3. The number of pyridine rings is 1. The maximum absolute atomic E-state index is 9.73. The van der Waals surface area contributed by atoms with E-state index in [4.69, 9.17) is 19.3 Å². The number of fused-ring (bicyclic) bond motifs is 10. The zero-order chi connectivity index (χ0) is 58.8. The Bertz CT molecular complexity index is 4690. The maximum Gasteiger partial charge on any atom is 0.269 e. The van der Waals surface area contributed by atoms with Gasteiger partial charge in [-0.3, -0.25) is 13.7 Å². The molecule has 1 aliphatic rings. The average molecular weight is 830 g/mol. The maximum atomic E-state index is 9.73. The third kappa shape index (κ3) is 5.99. The second-order valence-corrected chi connectivity index (χ2v) is 16.0. The lowest BCUT2D eigenvalue weighted by atomic mass is 9.88. The molecule has 0 unspecified atom stereocenters. The molecule has 0 bridgehead atoms. The number of imidazole rings is 1. The van der Waals surface area contributed by atoms with E-state index in [1.807, 2.05) is 48.5 Å². The van der Waals surface area contributed by atoms with Gasteiger partial charge in [0.2, 0.25) is 0 Å². The van der Waals surface area contributed by atoms with Crippen LogP contribution in [0.15, 0.2) is 200 Å². The molecule has 12 rings (SSSR count). The Hall–Kier alpha value is -8.02. The van der Waals surface area contributed by atoms with Crippen molar-refractivity contribution in [2.45, 2.75) is 26.2 Å². The van der Waals surface area contributed by atoms with Crippen molar-refractivity contribution in [3.63, 3.8) is 0 Å². The predicted molar refractivity (Wildman–Crippen MR) is 256 cm³/mol. The minimum Gasteiger partial charge on any atom is -0.458 e. The lowest BCUT2D eigenvalue weighted by Crippen LogP contribution is -2.32. The van der Waals surface area contributed by atoms with Gasteiger partial charge < -0.3 is 4.74 Å². The minimum atomic E-state index is -0.938. The molecule has 1 aliphatic heterocycles. The zero-order valence-corrected chi connectivity index (χ0v) is 33.8. The van der Waals surface area contributed by atoms with E-state index >= 15 is 0 Å². The van der Waals surface area contributed by atoms with Crippen molar-refractivity contribution >= 4 is 32.8 Å². The molecule has 5 heteroatoms. The first-order valence-electron chi connectivity index (χ1n) is 29.5. The Morgan fingerprint density at radius 2 is 1.21 bits per heavy atom. The van der Waals surface area contributed by atoms with Gasteiger partial charge in [-0.25, -0.2) is 4.98 Å². The van der Waals surface area contributed by atoms with Gasteiger partial charge in [-0.05, 0) is 104 Å². The molecular formula is C58H42N4O. The summed E-state index contributed by atoms with van der Waals surface area (Å²) in [4.78, 5) is 4.79. The predicted octanol–water partition coefficient (Wildman–Crippen LogP) is 14.3. The fourth-order valence-corrected chi connectivity index (χ4v) is 8.32. The first-order chi connectivity index (χ1) is 38.8. The van der Waals surface area contributed by atoms with Crippen LogP contribution in [-0.2, 0) is 5.41 Å². The number of aromatic nitrogens is 4. The zero-order valence-electron chi connectivity index (χ0n) is 52.8. The number of rotatable bonds is 5. The molecule has 0 fully saturated rings. The van der Waals surface area contributed by atoms with Crippen molar-refractivity contribution in [2.24, 2.45) is 0 Å². The van der Waals surface area contributed by atoms with Gasteiger partial charge in [0.1, 0.15) is 17.3 Å². The quantitative estimate of drug-likeness (QED) is 0.128. The van der Waals surface area contributed by atoms with E-state index in [9.17, 15) is 16.4 Å². The second-order valence-electron chi connectivity index (χ2n) is 16.0. The summed E-state index contributed by atoms with van der Waals surface area (Å²) in [5.74, 6) is 1.29. The van der Waals surface area contributed by atoms with Gasteiger partial charge in [-0.2, -0.15) is 0 Å². The number of para-hydroxylation sites is 3. The molecule has 11 aromatic rings. The summed E-state index contributed by atoms with van der Waals surface area (Å²) >= 11 is 0. The highest BCUT2D eigenvalue weighted by molar-refractivity contribution is 6.09. The second kappa shape index (κ2) is 14.3. The average Bonchev–Trinajstić information content (AvgIpc) is 1.67. The monoisotopic (exact) mass is 829 g/mol. The summed E-state index contributed by atoms with van der Waals surface area (Å²) in [7, 11) is 0. The standard InChI is InChI=1S/C58H42N4O/c1-58(2,3)39-32-33-59-55(34-39)62-52-28-12-11-24-48(52)49-31-30-42(36-54(49)62)63-41-19-13-18-40(35-41)60-37-61-56-43(38-16-5-4-6-17-38)25-14-26-50(56)46-22-9-7-20-44(46)45-21-8-10-23-47(45)51-27-15-29-53(60)57(51)61/h4-36H,1-3H3/i4D,5D,6D,7D,8D,9D,10D,14D,15D,16D,17D,20D,21D,22D,23D,25D,26D,27D,29D. The van der Waals surface area contributed by atoms with Gasteiger partial charge in [0.25, 0.3) is 6.33 Å². The fourth-order valence-electron chi connectivity index (χ4n) is 8.32. The van der Waals surface area contributed by atoms with Gasteiger partial charge in [0, 0.05) is 23.0 Å². The number of nitrogens with zero attached hydrogens (tertiary/aromatic N) is 4. The highest BCUT2D eigenvalue weighted by Gasteiger charge is 2.26. The summed E-state index contributed by atoms with van der Waals surface area (Å²) in [5, 5.41) is 1.89. The van der Waals surface area contributed by atoms with Crippen LogP contribution in [0.2, 0.25) is 0 Å². The van der Waals surface area contributed by atoms with Crippen LogP contribution in [0.4, 0.5) is 0 Å². The van der Waals surface area contributed by atoms with E-state index in [1.165, 1.54) is 4.57 Å². The van der Waals surface area contributed by atoms with Crippen LogP contribution < -0.4 is 9.30 Å². The van der Waals surface area contributed by atoms with Crippen molar-refractivity contribution in [3.05, 3.63) is 212 Å². The molecule has 0 aliphatic carbocycles. The summed E-state index contributed by atoms with van der Waals surface area (Å²) in [6.07, 6.45) is 4.90. The first kappa shape index (κ1) is 22.2. The third-order valence-electron chi connectivity index (χ3n) is 11.2. The van der Waals surface area contributed by atoms with Crippen LogP contribution in [0, 0.1) is 6.33 Å². The molecule has 0 spiro atoms.